The van der Waals surface area contributed by atoms with Crippen LogP contribution in [0, 0.1) is 0 Å². The zero-order chi connectivity index (χ0) is 43.7. The Hall–Kier alpha value is -1.81. The van der Waals surface area contributed by atoms with Gasteiger partial charge in [-0.15, -0.1) is 0 Å². The van der Waals surface area contributed by atoms with E-state index in [1.807, 2.05) is 33.3 Å². The van der Waals surface area contributed by atoms with Gasteiger partial charge in [0.25, 0.3) is 7.82 Å². The van der Waals surface area contributed by atoms with E-state index in [2.05, 4.69) is 26.0 Å². The lowest BCUT2D eigenvalue weighted by Crippen LogP contribution is -2.37. The number of carbonyl (C=O) groups is 2. The van der Waals surface area contributed by atoms with E-state index < -0.39 is 38.6 Å². The lowest BCUT2D eigenvalue weighted by Gasteiger charge is -2.28. The number of aliphatic hydroxyl groups excluding tert-OH is 1. The second kappa shape index (κ2) is 40.3. The maximum Gasteiger partial charge on any atom is 0.306 e. The van der Waals surface area contributed by atoms with E-state index in [1.54, 1.807) is 12.2 Å². The Morgan fingerprint density at radius 3 is 1.68 bits per heavy atom. The molecular weight excluding hydrogens is 766 g/mol. The van der Waals surface area contributed by atoms with Crippen molar-refractivity contribution in [3.8, 4) is 0 Å². The number of hydrogen-bond donors (Lipinski definition) is 1. The van der Waals surface area contributed by atoms with Crippen LogP contribution in [0.15, 0.2) is 36.5 Å². The molecule has 0 aliphatic rings. The molecule has 2 unspecified atom stereocenters. The summed E-state index contributed by atoms with van der Waals surface area (Å²) in [6.45, 7) is 4.02. The van der Waals surface area contributed by atoms with Crippen molar-refractivity contribution in [1.29, 1.82) is 0 Å². The van der Waals surface area contributed by atoms with E-state index >= 15 is 0 Å². The van der Waals surface area contributed by atoms with E-state index in [1.165, 1.54) is 122 Å². The molecule has 0 amide bonds. The van der Waals surface area contributed by atoms with E-state index in [0.29, 0.717) is 30.3 Å². The maximum atomic E-state index is 12.7. The van der Waals surface area contributed by atoms with E-state index in [-0.39, 0.29) is 26.1 Å². The number of phosphoric ester groups is 1. The van der Waals surface area contributed by atoms with Gasteiger partial charge in [0.15, 0.2) is 6.10 Å². The molecule has 0 aliphatic carbocycles. The zero-order valence-electron chi connectivity index (χ0n) is 38.6. The number of phosphoric acid groups is 1. The third-order valence-electron chi connectivity index (χ3n) is 10.3. The van der Waals surface area contributed by atoms with Gasteiger partial charge in [-0.05, 0) is 38.5 Å². The summed E-state index contributed by atoms with van der Waals surface area (Å²) in [5, 5.41) is 10.3. The molecule has 0 heterocycles. The maximum absolute atomic E-state index is 12.7. The second-order valence-electron chi connectivity index (χ2n) is 17.3. The van der Waals surface area contributed by atoms with Gasteiger partial charge >= 0.3 is 11.9 Å². The highest BCUT2D eigenvalue weighted by Gasteiger charge is 2.22. The number of unbranched alkanes of at least 4 members (excludes halogenated alkanes) is 22. The van der Waals surface area contributed by atoms with Gasteiger partial charge in [0.2, 0.25) is 0 Å². The molecule has 0 aliphatic heterocycles. The number of allylic oxidation sites excluding steroid dienone is 5. The van der Waals surface area contributed by atoms with Crippen LogP contribution < -0.4 is 4.89 Å². The van der Waals surface area contributed by atoms with Crippen molar-refractivity contribution in [3.63, 3.8) is 0 Å². The lowest BCUT2D eigenvalue weighted by molar-refractivity contribution is -0.870. The molecule has 11 heteroatoms. The highest BCUT2D eigenvalue weighted by molar-refractivity contribution is 7.45. The minimum atomic E-state index is -4.68. The summed E-state index contributed by atoms with van der Waals surface area (Å²) in [4.78, 5) is 37.6. The fraction of sp³-hybridized carbons (Fsp3) is 0.833. The van der Waals surface area contributed by atoms with Gasteiger partial charge in [-0.1, -0.05) is 185 Å². The molecule has 1 N–H and O–H groups in total. The summed E-state index contributed by atoms with van der Waals surface area (Å²) in [7, 11) is 1.06. The molecule has 0 aromatic heterocycles. The first-order valence-electron chi connectivity index (χ1n) is 23.8. The molecule has 0 radical (unpaired) electrons. The molecule has 0 fully saturated rings. The molecule has 0 aromatic rings. The molecule has 0 bridgehead atoms. The van der Waals surface area contributed by atoms with Crippen molar-refractivity contribution in [2.75, 3.05) is 47.5 Å². The van der Waals surface area contributed by atoms with Crippen LogP contribution in [0.25, 0.3) is 0 Å². The van der Waals surface area contributed by atoms with Gasteiger partial charge in [0.1, 0.15) is 19.8 Å². The fourth-order valence-corrected chi connectivity index (χ4v) is 7.22. The molecule has 0 rings (SSSR count). The average Bonchev–Trinajstić information content (AvgIpc) is 3.18. The summed E-state index contributed by atoms with van der Waals surface area (Å²) >= 11 is 0. The first kappa shape index (κ1) is 57.2. The number of nitrogens with zero attached hydrogens (tertiary/aromatic N) is 1. The third-order valence-corrected chi connectivity index (χ3v) is 11.2. The summed E-state index contributed by atoms with van der Waals surface area (Å²) in [5.41, 5.74) is 0. The standard InChI is InChI=1S/C48H90NO9P/c1-6-8-10-12-14-16-18-20-21-22-23-25-27-29-31-33-35-39-47(51)55-43-46(44-57-59(53,54)56-42-41-49(3,4)5)58-48(52)40-36-38-45(50)37-34-32-30-28-26-24-19-17-15-13-11-9-7-2/h24,26,30,32,34,37,45-46,50H,6-23,25,27-29,31,33,35-36,38-44H2,1-5H3/b26-24+,32-30+,37-34+/t45?,46-/m1/s1. The Morgan fingerprint density at radius 2 is 1.14 bits per heavy atom. The van der Waals surface area contributed by atoms with E-state index in [4.69, 9.17) is 18.5 Å². The van der Waals surface area contributed by atoms with Crippen LogP contribution >= 0.6 is 7.82 Å². The summed E-state index contributed by atoms with van der Waals surface area (Å²) in [5.74, 6) is -1.03. The van der Waals surface area contributed by atoms with Gasteiger partial charge in [0, 0.05) is 12.8 Å². The largest absolute Gasteiger partial charge is 0.756 e. The highest BCUT2D eigenvalue weighted by Crippen LogP contribution is 2.38. The van der Waals surface area contributed by atoms with Crippen LogP contribution in [0.2, 0.25) is 0 Å². The van der Waals surface area contributed by atoms with E-state index in [9.17, 15) is 24.2 Å². The van der Waals surface area contributed by atoms with Gasteiger partial charge in [-0.2, -0.15) is 0 Å². The number of ether oxygens (including phenoxy) is 2. The molecule has 0 saturated carbocycles. The highest BCUT2D eigenvalue weighted by atomic mass is 31.2. The molecule has 59 heavy (non-hydrogen) atoms. The average molecular weight is 856 g/mol. The normalized spacial score (nSPS) is 14.4. The molecule has 0 saturated heterocycles. The molecule has 0 aromatic carbocycles. The molecular formula is C48H90NO9P. The van der Waals surface area contributed by atoms with Crippen LogP contribution in [-0.4, -0.2) is 81.2 Å². The number of esters is 2. The summed E-state index contributed by atoms with van der Waals surface area (Å²) in [6.07, 6.45) is 42.0. The minimum Gasteiger partial charge on any atom is -0.756 e. The summed E-state index contributed by atoms with van der Waals surface area (Å²) < 4.78 is 33.8. The van der Waals surface area contributed by atoms with Crippen molar-refractivity contribution in [2.45, 2.75) is 212 Å². The van der Waals surface area contributed by atoms with Gasteiger partial charge in [0.05, 0.1) is 33.9 Å². The quantitative estimate of drug-likeness (QED) is 0.0159. The zero-order valence-corrected chi connectivity index (χ0v) is 39.5. The first-order valence-corrected chi connectivity index (χ1v) is 25.3. The number of likely N-dealkylation sites (N-methyl/N-ethyl adjacent to an activating group) is 1. The number of carbonyl (C=O) groups excluding carboxylic acids is 2. The van der Waals surface area contributed by atoms with Crippen molar-refractivity contribution in [1.82, 2.24) is 0 Å². The Balaban J connectivity index is 4.47. The van der Waals surface area contributed by atoms with Crippen LogP contribution in [0.1, 0.15) is 200 Å². The number of rotatable bonds is 43. The van der Waals surface area contributed by atoms with Crippen molar-refractivity contribution in [2.24, 2.45) is 0 Å². The second-order valence-corrected chi connectivity index (χ2v) is 18.7. The predicted octanol–water partition coefficient (Wildman–Crippen LogP) is 12.0. The predicted molar refractivity (Wildman–Crippen MR) is 242 cm³/mol. The smallest absolute Gasteiger partial charge is 0.306 e. The molecule has 3 atom stereocenters. The number of quaternary nitrogens is 1. The number of hydrogen-bond acceptors (Lipinski definition) is 9. The molecule has 0 spiro atoms. The Kier molecular flexibility index (Phi) is 39.0. The van der Waals surface area contributed by atoms with Crippen LogP contribution in [-0.2, 0) is 32.7 Å². The SMILES string of the molecule is CCCCCCCC/C=C/C/C=C/C=C/C(O)CCCC(=O)O[C@H](COC(=O)CCCCCCCCCCCCCCCCCCC)COP(=O)([O-])OCC[N+](C)(C)C. The lowest BCUT2D eigenvalue weighted by atomic mass is 10.0. The fourth-order valence-electron chi connectivity index (χ4n) is 6.49. The van der Waals surface area contributed by atoms with Crippen LogP contribution in [0.3, 0.4) is 0 Å². The summed E-state index contributed by atoms with van der Waals surface area (Å²) in [6, 6.07) is 0. The first-order chi connectivity index (χ1) is 28.4. The van der Waals surface area contributed by atoms with Crippen molar-refractivity contribution in [3.05, 3.63) is 36.5 Å². The Bertz CT molecular complexity index is 1120. The molecule has 346 valence electrons. The van der Waals surface area contributed by atoms with Gasteiger partial charge in [-0.25, -0.2) is 0 Å². The number of aliphatic hydroxyl groups is 1. The Labute approximate surface area is 362 Å². The minimum absolute atomic E-state index is 0.00285. The van der Waals surface area contributed by atoms with Crippen LogP contribution in [0.4, 0.5) is 0 Å². The Morgan fingerprint density at radius 1 is 0.627 bits per heavy atom. The third kappa shape index (κ3) is 44.1. The van der Waals surface area contributed by atoms with Gasteiger partial charge < -0.3 is 33.0 Å². The van der Waals surface area contributed by atoms with Gasteiger partial charge in [-0.3, -0.25) is 14.2 Å². The van der Waals surface area contributed by atoms with Crippen LogP contribution in [0.5, 0.6) is 0 Å². The van der Waals surface area contributed by atoms with Crippen molar-refractivity contribution >= 4 is 19.8 Å². The topological polar surface area (TPSA) is 131 Å². The molecule has 10 nitrogen and oxygen atoms in total. The van der Waals surface area contributed by atoms with E-state index in [0.717, 1.165) is 32.1 Å². The monoisotopic (exact) mass is 856 g/mol. The van der Waals surface area contributed by atoms with Crippen molar-refractivity contribution < 1.29 is 47.2 Å².